The molecule has 1 atom stereocenters. The Morgan fingerprint density at radius 2 is 1.42 bits per heavy atom. The van der Waals surface area contributed by atoms with Crippen LogP contribution in [0.5, 0.6) is 0 Å². The Kier molecular flexibility index (Phi) is 5.51. The lowest BCUT2D eigenvalue weighted by atomic mass is 10.1. The fourth-order valence-electron chi connectivity index (χ4n) is 1.30. The molecule has 0 aliphatic heterocycles. The number of hydrogen-bond donors (Lipinski definition) is 3. The van der Waals surface area contributed by atoms with Crippen LogP contribution in [0.1, 0.15) is 20.8 Å². The van der Waals surface area contributed by atoms with Gasteiger partial charge < -0.3 is 16.4 Å². The molecule has 1 aromatic rings. The number of benzene rings is 1. The van der Waals surface area contributed by atoms with Gasteiger partial charge in [-0.25, -0.2) is 0 Å². The van der Waals surface area contributed by atoms with Crippen LogP contribution in [0.2, 0.25) is 0 Å². The van der Waals surface area contributed by atoms with Crippen LogP contribution in [0.4, 0.5) is 11.4 Å². The molecule has 0 aliphatic carbocycles. The molecule has 1 rings (SSSR count). The molecule has 0 radical (unpaired) electrons. The van der Waals surface area contributed by atoms with Crippen molar-refractivity contribution >= 4 is 23.2 Å². The van der Waals surface area contributed by atoms with E-state index in [0.717, 1.165) is 0 Å². The summed E-state index contributed by atoms with van der Waals surface area (Å²) in [5.41, 5.74) is 6.82. The molecule has 1 aromatic carbocycles. The molecule has 104 valence electrons. The smallest absolute Gasteiger partial charge is 0.228 e. The maximum absolute atomic E-state index is 11.6. The van der Waals surface area contributed by atoms with Crippen molar-refractivity contribution in [2.24, 2.45) is 17.6 Å². The van der Waals surface area contributed by atoms with Crippen molar-refractivity contribution in [3.05, 3.63) is 24.3 Å². The highest BCUT2D eigenvalue weighted by Crippen LogP contribution is 2.15. The summed E-state index contributed by atoms with van der Waals surface area (Å²) in [6.45, 7) is 5.75. The molecule has 0 spiro atoms. The number of hydrogen-bond acceptors (Lipinski definition) is 3. The Morgan fingerprint density at radius 3 is 1.79 bits per heavy atom. The van der Waals surface area contributed by atoms with E-state index in [1.165, 1.54) is 0 Å². The summed E-state index contributed by atoms with van der Waals surface area (Å²) in [5, 5.41) is 5.55. The summed E-state index contributed by atoms with van der Waals surface area (Å²) >= 11 is 0. The van der Waals surface area contributed by atoms with E-state index in [-0.39, 0.29) is 23.7 Å². The molecule has 0 saturated heterocycles. The van der Waals surface area contributed by atoms with Gasteiger partial charge in [-0.2, -0.15) is 0 Å². The van der Waals surface area contributed by atoms with Crippen molar-refractivity contribution in [1.82, 2.24) is 0 Å². The zero-order chi connectivity index (χ0) is 14.4. The topological polar surface area (TPSA) is 84.2 Å². The van der Waals surface area contributed by atoms with Crippen LogP contribution in [0.3, 0.4) is 0 Å². The molecule has 0 aliphatic rings. The zero-order valence-corrected chi connectivity index (χ0v) is 11.6. The van der Waals surface area contributed by atoms with Crippen molar-refractivity contribution in [3.63, 3.8) is 0 Å². The van der Waals surface area contributed by atoms with Crippen molar-refractivity contribution < 1.29 is 9.59 Å². The summed E-state index contributed by atoms with van der Waals surface area (Å²) in [5.74, 6) is -0.430. The Labute approximate surface area is 113 Å². The second-order valence-corrected chi connectivity index (χ2v) is 4.85. The predicted octanol–water partition coefficient (Wildman–Crippen LogP) is 1.81. The predicted molar refractivity (Wildman–Crippen MR) is 76.8 cm³/mol. The van der Waals surface area contributed by atoms with E-state index < -0.39 is 0 Å². The minimum absolute atomic E-state index is 0.0338. The van der Waals surface area contributed by atoms with E-state index in [4.69, 9.17) is 5.73 Å². The first kappa shape index (κ1) is 15.2. The number of carbonyl (C=O) groups is 2. The lowest BCUT2D eigenvalue weighted by molar-refractivity contribution is -0.119. The first-order chi connectivity index (χ1) is 8.93. The van der Waals surface area contributed by atoms with E-state index in [1.807, 2.05) is 13.8 Å². The van der Waals surface area contributed by atoms with Crippen LogP contribution in [-0.4, -0.2) is 18.4 Å². The van der Waals surface area contributed by atoms with Gasteiger partial charge in [0.25, 0.3) is 0 Å². The summed E-state index contributed by atoms with van der Waals surface area (Å²) in [4.78, 5) is 23.1. The highest BCUT2D eigenvalue weighted by molar-refractivity contribution is 5.94. The van der Waals surface area contributed by atoms with Crippen LogP contribution < -0.4 is 16.4 Å². The van der Waals surface area contributed by atoms with Gasteiger partial charge in [-0.1, -0.05) is 20.8 Å². The number of amides is 2. The number of carbonyl (C=O) groups excluding carboxylic acids is 2. The van der Waals surface area contributed by atoms with Crippen molar-refractivity contribution in [2.75, 3.05) is 17.2 Å². The van der Waals surface area contributed by atoms with Crippen LogP contribution >= 0.6 is 0 Å². The third kappa shape index (κ3) is 4.71. The first-order valence-corrected chi connectivity index (χ1v) is 6.36. The minimum Gasteiger partial charge on any atom is -0.330 e. The van der Waals surface area contributed by atoms with E-state index in [1.54, 1.807) is 31.2 Å². The van der Waals surface area contributed by atoms with Crippen molar-refractivity contribution in [1.29, 1.82) is 0 Å². The molecule has 0 fully saturated rings. The molecular weight excluding hydrogens is 242 g/mol. The van der Waals surface area contributed by atoms with Gasteiger partial charge >= 0.3 is 0 Å². The van der Waals surface area contributed by atoms with E-state index in [9.17, 15) is 9.59 Å². The summed E-state index contributed by atoms with van der Waals surface area (Å²) in [6.07, 6.45) is 0. The number of rotatable bonds is 5. The van der Waals surface area contributed by atoms with Gasteiger partial charge in [0.2, 0.25) is 11.8 Å². The van der Waals surface area contributed by atoms with Crippen molar-refractivity contribution in [2.45, 2.75) is 20.8 Å². The average Bonchev–Trinajstić information content (AvgIpc) is 2.39. The van der Waals surface area contributed by atoms with Gasteiger partial charge in [-0.15, -0.1) is 0 Å². The first-order valence-electron chi connectivity index (χ1n) is 6.36. The van der Waals surface area contributed by atoms with Gasteiger partial charge in [0, 0.05) is 29.8 Å². The average molecular weight is 263 g/mol. The lowest BCUT2D eigenvalue weighted by Gasteiger charge is -2.11. The minimum atomic E-state index is -0.222. The molecule has 5 heteroatoms. The Balaban J connectivity index is 2.62. The van der Waals surface area contributed by atoms with Crippen molar-refractivity contribution in [3.8, 4) is 0 Å². The Hall–Kier alpha value is -1.88. The van der Waals surface area contributed by atoms with Crippen LogP contribution in [-0.2, 0) is 9.59 Å². The van der Waals surface area contributed by atoms with Crippen LogP contribution in [0.25, 0.3) is 0 Å². The molecule has 19 heavy (non-hydrogen) atoms. The van der Waals surface area contributed by atoms with Crippen LogP contribution in [0.15, 0.2) is 24.3 Å². The third-order valence-corrected chi connectivity index (χ3v) is 2.75. The van der Waals surface area contributed by atoms with E-state index >= 15 is 0 Å². The molecule has 5 nitrogen and oxygen atoms in total. The largest absolute Gasteiger partial charge is 0.330 e. The summed E-state index contributed by atoms with van der Waals surface area (Å²) < 4.78 is 0. The molecule has 1 unspecified atom stereocenters. The second-order valence-electron chi connectivity index (χ2n) is 4.85. The van der Waals surface area contributed by atoms with Gasteiger partial charge in [-0.05, 0) is 24.3 Å². The highest BCUT2D eigenvalue weighted by atomic mass is 16.2. The normalized spacial score (nSPS) is 12.1. The Bertz CT molecular complexity index is 441. The fourth-order valence-corrected chi connectivity index (χ4v) is 1.30. The Morgan fingerprint density at radius 1 is 1.00 bits per heavy atom. The lowest BCUT2D eigenvalue weighted by Crippen LogP contribution is -2.26. The summed E-state index contributed by atoms with van der Waals surface area (Å²) in [6, 6.07) is 7.00. The molecule has 4 N–H and O–H groups in total. The number of nitrogens with one attached hydrogen (secondary N) is 2. The standard InChI is InChI=1S/C14H21N3O2/c1-9(2)13(18)16-11-4-6-12(7-5-11)17-14(19)10(3)8-15/h4-7,9-10H,8,15H2,1-3H3,(H,16,18)(H,17,19). The monoisotopic (exact) mass is 263 g/mol. The molecule has 0 bridgehead atoms. The van der Waals surface area contributed by atoms with E-state index in [0.29, 0.717) is 17.9 Å². The van der Waals surface area contributed by atoms with Gasteiger partial charge in [0.15, 0.2) is 0 Å². The van der Waals surface area contributed by atoms with Crippen LogP contribution in [0, 0.1) is 11.8 Å². The molecular formula is C14H21N3O2. The fraction of sp³-hybridized carbons (Fsp3) is 0.429. The summed E-state index contributed by atoms with van der Waals surface area (Å²) in [7, 11) is 0. The molecule has 0 heterocycles. The molecule has 0 aromatic heterocycles. The third-order valence-electron chi connectivity index (χ3n) is 2.75. The van der Waals surface area contributed by atoms with Gasteiger partial charge in [-0.3, -0.25) is 9.59 Å². The molecule has 2 amide bonds. The zero-order valence-electron chi connectivity index (χ0n) is 11.6. The quantitative estimate of drug-likeness (QED) is 0.757. The number of anilines is 2. The SMILES string of the molecule is CC(C)C(=O)Nc1ccc(NC(=O)C(C)CN)cc1. The second kappa shape index (κ2) is 6.89. The van der Waals surface area contributed by atoms with Gasteiger partial charge in [0.05, 0.1) is 0 Å². The maximum Gasteiger partial charge on any atom is 0.228 e. The van der Waals surface area contributed by atoms with E-state index in [2.05, 4.69) is 10.6 Å². The maximum atomic E-state index is 11.6. The molecule has 0 saturated carbocycles. The number of nitrogens with two attached hydrogens (primary N) is 1. The van der Waals surface area contributed by atoms with Gasteiger partial charge in [0.1, 0.15) is 0 Å². The highest BCUT2D eigenvalue weighted by Gasteiger charge is 2.11.